The van der Waals surface area contributed by atoms with Crippen molar-refractivity contribution in [1.82, 2.24) is 14.3 Å². The van der Waals surface area contributed by atoms with Crippen molar-refractivity contribution in [2.24, 2.45) is 0 Å². The minimum Gasteiger partial charge on any atom is -0.378 e. The van der Waals surface area contributed by atoms with E-state index in [4.69, 9.17) is 4.74 Å². The van der Waals surface area contributed by atoms with Crippen molar-refractivity contribution in [3.8, 4) is 11.1 Å². The number of ether oxygens (including phenoxy) is 1. The molecule has 1 amide bonds. The lowest BCUT2D eigenvalue weighted by atomic mass is 10.0. The van der Waals surface area contributed by atoms with Gasteiger partial charge < -0.3 is 9.64 Å². The number of rotatable bonds is 2. The Balaban J connectivity index is 1.82. The third kappa shape index (κ3) is 3.78. The van der Waals surface area contributed by atoms with Crippen LogP contribution < -0.4 is 5.56 Å². The van der Waals surface area contributed by atoms with E-state index in [0.717, 1.165) is 17.4 Å². The largest absolute Gasteiger partial charge is 0.433 e. The van der Waals surface area contributed by atoms with Gasteiger partial charge in [0.25, 0.3) is 11.5 Å². The van der Waals surface area contributed by atoms with Crippen molar-refractivity contribution < 1.29 is 27.1 Å². The maximum atomic E-state index is 14.8. The molecule has 0 saturated carbocycles. The van der Waals surface area contributed by atoms with Crippen molar-refractivity contribution in [3.63, 3.8) is 0 Å². The number of pyridine rings is 1. The van der Waals surface area contributed by atoms with Gasteiger partial charge in [0.05, 0.1) is 18.8 Å². The average molecular weight is 435 g/mol. The molecule has 1 aliphatic rings. The topological polar surface area (TPSA) is 63.9 Å². The summed E-state index contributed by atoms with van der Waals surface area (Å²) in [5, 5.41) is 0. The summed E-state index contributed by atoms with van der Waals surface area (Å²) >= 11 is 0. The van der Waals surface area contributed by atoms with Crippen LogP contribution in [0.15, 0.2) is 41.3 Å². The van der Waals surface area contributed by atoms with Crippen LogP contribution in [0.5, 0.6) is 0 Å². The standard InChI is InChI=1S/C21H17F4N3O3/c1-12-17(21(23,24)25)26-18-14(3-2-6-28(18)19(12)29)13-4-5-15(16(22)11-13)20(30)27-7-9-31-10-8-27/h2-6,11H,7-10H2,1H3. The van der Waals surface area contributed by atoms with Gasteiger partial charge in [-0.2, -0.15) is 13.2 Å². The van der Waals surface area contributed by atoms with Crippen molar-refractivity contribution in [2.45, 2.75) is 13.1 Å². The van der Waals surface area contributed by atoms with E-state index in [-0.39, 0.29) is 22.3 Å². The highest BCUT2D eigenvalue weighted by Crippen LogP contribution is 2.31. The highest BCUT2D eigenvalue weighted by atomic mass is 19.4. The first-order valence-corrected chi connectivity index (χ1v) is 9.44. The van der Waals surface area contributed by atoms with Crippen LogP contribution in [-0.2, 0) is 10.9 Å². The first-order valence-electron chi connectivity index (χ1n) is 9.44. The Morgan fingerprint density at radius 1 is 1.16 bits per heavy atom. The zero-order chi connectivity index (χ0) is 22.3. The van der Waals surface area contributed by atoms with Gasteiger partial charge in [-0.1, -0.05) is 6.07 Å². The van der Waals surface area contributed by atoms with Crippen LogP contribution in [-0.4, -0.2) is 46.5 Å². The molecule has 0 atom stereocenters. The minimum absolute atomic E-state index is 0.134. The number of nitrogens with zero attached hydrogens (tertiary/aromatic N) is 3. The number of amides is 1. The lowest BCUT2D eigenvalue weighted by Gasteiger charge is -2.27. The van der Waals surface area contributed by atoms with E-state index in [1.54, 1.807) is 0 Å². The number of fused-ring (bicyclic) bond motifs is 1. The van der Waals surface area contributed by atoms with Crippen LogP contribution in [0.2, 0.25) is 0 Å². The summed E-state index contributed by atoms with van der Waals surface area (Å²) in [6.45, 7) is 2.47. The summed E-state index contributed by atoms with van der Waals surface area (Å²) in [5.74, 6) is -1.31. The number of aromatic nitrogens is 2. The number of halogens is 4. The fourth-order valence-electron chi connectivity index (χ4n) is 3.54. The molecule has 10 heteroatoms. The Bertz CT molecular complexity index is 1230. The minimum atomic E-state index is -4.81. The van der Waals surface area contributed by atoms with Crippen LogP contribution in [0.4, 0.5) is 17.6 Å². The zero-order valence-electron chi connectivity index (χ0n) is 16.4. The predicted molar refractivity (Wildman–Crippen MR) is 103 cm³/mol. The molecule has 0 aliphatic carbocycles. The molecule has 0 spiro atoms. The van der Waals surface area contributed by atoms with Crippen molar-refractivity contribution >= 4 is 11.6 Å². The molecular weight excluding hydrogens is 418 g/mol. The summed E-state index contributed by atoms with van der Waals surface area (Å²) in [5.41, 5.74) is -2.75. The lowest BCUT2D eigenvalue weighted by molar-refractivity contribution is -0.141. The maximum absolute atomic E-state index is 14.8. The molecule has 0 radical (unpaired) electrons. The van der Waals surface area contributed by atoms with E-state index in [9.17, 15) is 27.2 Å². The average Bonchev–Trinajstić information content (AvgIpc) is 2.75. The Hall–Kier alpha value is -3.27. The number of morpholine rings is 1. The van der Waals surface area contributed by atoms with E-state index in [1.807, 2.05) is 0 Å². The third-order valence-electron chi connectivity index (χ3n) is 5.16. The van der Waals surface area contributed by atoms with E-state index in [0.29, 0.717) is 26.3 Å². The molecule has 1 aliphatic heterocycles. The monoisotopic (exact) mass is 435 g/mol. The number of hydrogen-bond donors (Lipinski definition) is 0. The van der Waals surface area contributed by atoms with Crippen LogP contribution >= 0.6 is 0 Å². The zero-order valence-corrected chi connectivity index (χ0v) is 16.4. The SMILES string of the molecule is Cc1c(C(F)(F)F)nc2c(-c3ccc(C(=O)N4CCOCC4)c(F)c3)cccn2c1=O. The second-order valence-electron chi connectivity index (χ2n) is 7.10. The molecule has 31 heavy (non-hydrogen) atoms. The maximum Gasteiger partial charge on any atom is 0.433 e. The molecular formula is C21H17F4N3O3. The first kappa shape index (κ1) is 21.0. The molecule has 0 unspecified atom stereocenters. The number of carbonyl (C=O) groups is 1. The number of benzene rings is 1. The fraction of sp³-hybridized carbons (Fsp3) is 0.286. The van der Waals surface area contributed by atoms with Crippen LogP contribution in [0.1, 0.15) is 21.6 Å². The number of alkyl halides is 3. The van der Waals surface area contributed by atoms with Gasteiger partial charge in [0.2, 0.25) is 0 Å². The van der Waals surface area contributed by atoms with Gasteiger partial charge in [0.1, 0.15) is 11.5 Å². The summed E-state index contributed by atoms with van der Waals surface area (Å²) < 4.78 is 61.0. The summed E-state index contributed by atoms with van der Waals surface area (Å²) in [4.78, 5) is 30.2. The van der Waals surface area contributed by atoms with Crippen LogP contribution in [0.25, 0.3) is 16.8 Å². The molecule has 1 fully saturated rings. The highest BCUT2D eigenvalue weighted by Gasteiger charge is 2.36. The van der Waals surface area contributed by atoms with Gasteiger partial charge in [-0.25, -0.2) is 9.37 Å². The molecule has 3 aromatic rings. The predicted octanol–water partition coefficient (Wildman–Crippen LogP) is 3.30. The van der Waals surface area contributed by atoms with E-state index < -0.39 is 34.7 Å². The highest BCUT2D eigenvalue weighted by molar-refractivity contribution is 5.95. The van der Waals surface area contributed by atoms with Gasteiger partial charge in [-0.15, -0.1) is 0 Å². The van der Waals surface area contributed by atoms with Gasteiger partial charge >= 0.3 is 6.18 Å². The quantitative estimate of drug-likeness (QED) is 0.580. The molecule has 4 rings (SSSR count). The lowest BCUT2D eigenvalue weighted by Crippen LogP contribution is -2.41. The molecule has 0 bridgehead atoms. The third-order valence-corrected chi connectivity index (χ3v) is 5.16. The molecule has 3 heterocycles. The van der Waals surface area contributed by atoms with Crippen LogP contribution in [0.3, 0.4) is 0 Å². The molecule has 162 valence electrons. The van der Waals surface area contributed by atoms with Crippen LogP contribution in [0, 0.1) is 12.7 Å². The summed E-state index contributed by atoms with van der Waals surface area (Å²) in [6, 6.07) is 6.66. The Morgan fingerprint density at radius 3 is 2.52 bits per heavy atom. The van der Waals surface area contributed by atoms with Crippen molar-refractivity contribution in [2.75, 3.05) is 26.3 Å². The summed E-state index contributed by atoms with van der Waals surface area (Å²) in [7, 11) is 0. The fourth-order valence-corrected chi connectivity index (χ4v) is 3.54. The van der Waals surface area contributed by atoms with Crippen molar-refractivity contribution in [1.29, 1.82) is 0 Å². The van der Waals surface area contributed by atoms with E-state index in [2.05, 4.69) is 4.98 Å². The molecule has 0 N–H and O–H groups in total. The molecule has 1 saturated heterocycles. The Labute approximate surface area is 173 Å². The van der Waals surface area contributed by atoms with Gasteiger partial charge in [-0.05, 0) is 36.8 Å². The smallest absolute Gasteiger partial charge is 0.378 e. The Kier molecular flexibility index (Phi) is 5.26. The van der Waals surface area contributed by atoms with Gasteiger partial charge in [0.15, 0.2) is 5.69 Å². The van der Waals surface area contributed by atoms with Gasteiger partial charge in [0, 0.05) is 30.4 Å². The normalized spacial score (nSPS) is 14.8. The number of carbonyl (C=O) groups excluding carboxylic acids is 1. The Morgan fingerprint density at radius 2 is 1.87 bits per heavy atom. The second kappa shape index (κ2) is 7.77. The van der Waals surface area contributed by atoms with Crippen molar-refractivity contribution in [3.05, 3.63) is 69.5 Å². The van der Waals surface area contributed by atoms with E-state index >= 15 is 0 Å². The molecule has 1 aromatic carbocycles. The first-order chi connectivity index (χ1) is 14.7. The summed E-state index contributed by atoms with van der Waals surface area (Å²) in [6.07, 6.45) is -3.52. The van der Waals surface area contributed by atoms with E-state index in [1.165, 1.54) is 35.4 Å². The number of hydrogen-bond acceptors (Lipinski definition) is 4. The van der Waals surface area contributed by atoms with Gasteiger partial charge in [-0.3, -0.25) is 14.0 Å². The second-order valence-corrected chi connectivity index (χ2v) is 7.10. The molecule has 2 aromatic heterocycles. The molecule has 6 nitrogen and oxygen atoms in total.